The van der Waals surface area contributed by atoms with E-state index in [0.29, 0.717) is 17.1 Å². The van der Waals surface area contributed by atoms with Crippen molar-refractivity contribution in [2.45, 2.75) is 0 Å². The van der Waals surface area contributed by atoms with Crippen LogP contribution >= 0.6 is 0 Å². The molecule has 0 unspecified atom stereocenters. The summed E-state index contributed by atoms with van der Waals surface area (Å²) in [6, 6.07) is 6.69. The molecule has 1 aromatic carbocycles. The number of carbonyl (C=O) groups is 1. The minimum Gasteiger partial charge on any atom is -0.477 e. The second-order valence-corrected chi connectivity index (χ2v) is 3.06. The molecule has 0 fully saturated rings. The van der Waals surface area contributed by atoms with E-state index in [9.17, 15) is 4.79 Å². The number of carboxylic acids is 1. The van der Waals surface area contributed by atoms with Crippen LogP contribution in [0.5, 0.6) is 11.5 Å². The number of hydrogen-bond donors (Lipinski definition) is 1. The summed E-state index contributed by atoms with van der Waals surface area (Å²) in [5.74, 6) is -0.244. The van der Waals surface area contributed by atoms with Crippen molar-refractivity contribution in [2.24, 2.45) is 0 Å². The van der Waals surface area contributed by atoms with Crippen LogP contribution in [0.2, 0.25) is 0 Å². The Morgan fingerprint density at radius 2 is 2.31 bits per heavy atom. The molecule has 16 heavy (non-hydrogen) atoms. The molecule has 2 rings (SSSR count). The lowest BCUT2D eigenvalue weighted by Gasteiger charge is -2.00. The van der Waals surface area contributed by atoms with Crippen LogP contribution in [0.1, 0.15) is 5.56 Å². The predicted molar refractivity (Wildman–Crippen MR) is 53.8 cm³/mol. The average molecular weight is 217 g/mol. The smallest absolute Gasteiger partial charge is 0.346 e. The first kappa shape index (κ1) is 10.1. The Hall–Kier alpha value is -2.48. The maximum Gasteiger partial charge on any atom is 0.346 e. The summed E-state index contributed by atoms with van der Waals surface area (Å²) in [6.07, 6.45) is 1.26. The van der Waals surface area contributed by atoms with Crippen LogP contribution in [-0.4, -0.2) is 17.9 Å². The molecule has 0 spiro atoms. The zero-order valence-corrected chi connectivity index (χ0v) is 8.14. The van der Waals surface area contributed by atoms with Crippen LogP contribution in [0.4, 0.5) is 0 Å². The number of hydrogen-bond acceptors (Lipinski definition) is 4. The Balaban J connectivity index is 2.47. The lowest BCUT2D eigenvalue weighted by atomic mass is 10.1. The number of fused-ring (bicyclic) bond motifs is 1. The maximum atomic E-state index is 10.7. The Bertz CT molecular complexity index is 513. The molecule has 1 aliphatic rings. The van der Waals surface area contributed by atoms with Crippen molar-refractivity contribution in [3.63, 3.8) is 0 Å². The molecule has 1 aliphatic heterocycles. The zero-order chi connectivity index (χ0) is 11.5. The zero-order valence-electron chi connectivity index (χ0n) is 8.14. The number of rotatable bonds is 2. The molecule has 0 atom stereocenters. The van der Waals surface area contributed by atoms with E-state index >= 15 is 0 Å². The van der Waals surface area contributed by atoms with Crippen molar-refractivity contribution >= 4 is 12.0 Å². The van der Waals surface area contributed by atoms with Gasteiger partial charge in [-0.3, -0.25) is 0 Å². The van der Waals surface area contributed by atoms with Gasteiger partial charge in [0, 0.05) is 5.56 Å². The highest BCUT2D eigenvalue weighted by Crippen LogP contribution is 2.36. The summed E-state index contributed by atoms with van der Waals surface area (Å²) >= 11 is 0. The molecule has 0 amide bonds. The lowest BCUT2D eigenvalue weighted by molar-refractivity contribution is -0.132. The standard InChI is InChI=1S/C11H7NO4/c12-5-8(11(13)14)4-7-2-1-3-9-10(7)16-6-15-9/h1-4H,6H2,(H,13,14)/b8-4-. The van der Waals surface area contributed by atoms with Gasteiger partial charge in [0.05, 0.1) is 0 Å². The Morgan fingerprint density at radius 3 is 3.00 bits per heavy atom. The van der Waals surface area contributed by atoms with Gasteiger partial charge in [0.15, 0.2) is 11.5 Å². The van der Waals surface area contributed by atoms with Crippen molar-refractivity contribution in [2.75, 3.05) is 6.79 Å². The van der Waals surface area contributed by atoms with Gasteiger partial charge in [0.25, 0.3) is 0 Å². The van der Waals surface area contributed by atoms with Gasteiger partial charge in [0.2, 0.25) is 6.79 Å². The number of aliphatic carboxylic acids is 1. The molecule has 0 aliphatic carbocycles. The van der Waals surface area contributed by atoms with Gasteiger partial charge in [0.1, 0.15) is 11.6 Å². The van der Waals surface area contributed by atoms with E-state index in [1.807, 2.05) is 0 Å². The van der Waals surface area contributed by atoms with Gasteiger partial charge in [-0.25, -0.2) is 4.79 Å². The van der Waals surface area contributed by atoms with Crippen molar-refractivity contribution in [1.29, 1.82) is 5.26 Å². The van der Waals surface area contributed by atoms with Gasteiger partial charge >= 0.3 is 5.97 Å². The number of ether oxygens (including phenoxy) is 2. The molecule has 0 radical (unpaired) electrons. The molecule has 0 bridgehead atoms. The second-order valence-electron chi connectivity index (χ2n) is 3.06. The molecule has 1 heterocycles. The molecular formula is C11H7NO4. The third kappa shape index (κ3) is 1.68. The molecule has 0 saturated heterocycles. The summed E-state index contributed by atoms with van der Waals surface area (Å²) in [5, 5.41) is 17.4. The quantitative estimate of drug-likeness (QED) is 0.598. The first-order valence-corrected chi connectivity index (χ1v) is 4.46. The summed E-state index contributed by atoms with van der Waals surface area (Å²) in [6.45, 7) is 0.106. The molecule has 5 nitrogen and oxygen atoms in total. The van der Waals surface area contributed by atoms with Crippen LogP contribution in [0.15, 0.2) is 23.8 Å². The van der Waals surface area contributed by atoms with E-state index in [2.05, 4.69) is 0 Å². The fourth-order valence-electron chi connectivity index (χ4n) is 1.36. The lowest BCUT2D eigenvalue weighted by Crippen LogP contribution is -1.98. The fraction of sp³-hybridized carbons (Fsp3) is 0.0909. The number of nitriles is 1. The first-order chi connectivity index (χ1) is 7.72. The van der Waals surface area contributed by atoms with E-state index in [1.165, 1.54) is 6.08 Å². The van der Waals surface area contributed by atoms with Crippen molar-refractivity contribution in [3.05, 3.63) is 29.3 Å². The largest absolute Gasteiger partial charge is 0.477 e. The Labute approximate surface area is 91.1 Å². The van der Waals surface area contributed by atoms with Crippen molar-refractivity contribution < 1.29 is 19.4 Å². The van der Waals surface area contributed by atoms with Gasteiger partial charge in [-0.2, -0.15) is 5.26 Å². The Kier molecular flexibility index (Phi) is 2.48. The molecule has 0 aromatic heterocycles. The minimum absolute atomic E-state index is 0.106. The molecule has 5 heteroatoms. The van der Waals surface area contributed by atoms with Gasteiger partial charge in [-0.05, 0) is 12.1 Å². The van der Waals surface area contributed by atoms with Crippen LogP contribution in [0, 0.1) is 11.3 Å². The van der Waals surface area contributed by atoms with Crippen LogP contribution in [-0.2, 0) is 4.79 Å². The molecule has 1 aromatic rings. The van der Waals surface area contributed by atoms with E-state index in [1.54, 1.807) is 24.3 Å². The highest BCUT2D eigenvalue weighted by Gasteiger charge is 2.17. The maximum absolute atomic E-state index is 10.7. The molecule has 1 N–H and O–H groups in total. The average Bonchev–Trinajstić information content (AvgIpc) is 2.73. The highest BCUT2D eigenvalue weighted by molar-refractivity contribution is 5.97. The predicted octanol–water partition coefficient (Wildman–Crippen LogP) is 1.41. The summed E-state index contributed by atoms with van der Waals surface area (Å²) in [5.41, 5.74) is 0.179. The van der Waals surface area contributed by atoms with Crippen molar-refractivity contribution in [3.8, 4) is 17.6 Å². The normalized spacial score (nSPS) is 13.3. The molecule has 80 valence electrons. The topological polar surface area (TPSA) is 79.5 Å². The van der Waals surface area contributed by atoms with E-state index in [4.69, 9.17) is 19.8 Å². The number of carboxylic acid groups (broad SMARTS) is 1. The summed E-state index contributed by atoms with van der Waals surface area (Å²) < 4.78 is 10.3. The van der Waals surface area contributed by atoms with Gasteiger partial charge in [-0.1, -0.05) is 12.1 Å². The van der Waals surface area contributed by atoms with Gasteiger partial charge < -0.3 is 14.6 Å². The van der Waals surface area contributed by atoms with E-state index in [-0.39, 0.29) is 12.4 Å². The number of nitrogens with zero attached hydrogens (tertiary/aromatic N) is 1. The van der Waals surface area contributed by atoms with E-state index in [0.717, 1.165) is 0 Å². The Morgan fingerprint density at radius 1 is 1.50 bits per heavy atom. The third-order valence-corrected chi connectivity index (χ3v) is 2.08. The monoisotopic (exact) mass is 217 g/mol. The number of benzene rings is 1. The third-order valence-electron chi connectivity index (χ3n) is 2.08. The number of para-hydroxylation sites is 1. The van der Waals surface area contributed by atoms with Crippen LogP contribution < -0.4 is 9.47 Å². The van der Waals surface area contributed by atoms with Crippen LogP contribution in [0.25, 0.3) is 6.08 Å². The van der Waals surface area contributed by atoms with E-state index < -0.39 is 5.97 Å². The first-order valence-electron chi connectivity index (χ1n) is 4.46. The SMILES string of the molecule is N#C/C(=C/c1cccc2c1OCO2)C(=O)O. The highest BCUT2D eigenvalue weighted by atomic mass is 16.7. The second kappa shape index (κ2) is 3.95. The fourth-order valence-corrected chi connectivity index (χ4v) is 1.36. The minimum atomic E-state index is -1.26. The summed E-state index contributed by atoms with van der Waals surface area (Å²) in [4.78, 5) is 10.7. The molecule has 0 saturated carbocycles. The van der Waals surface area contributed by atoms with Crippen molar-refractivity contribution in [1.82, 2.24) is 0 Å². The van der Waals surface area contributed by atoms with Crippen LogP contribution in [0.3, 0.4) is 0 Å². The molecular weight excluding hydrogens is 210 g/mol. The van der Waals surface area contributed by atoms with Gasteiger partial charge in [-0.15, -0.1) is 0 Å². The summed E-state index contributed by atoms with van der Waals surface area (Å²) in [7, 11) is 0.